The molecule has 0 saturated heterocycles. The number of carbonyl (C=O) groups is 1. The maximum atomic E-state index is 14.4. The molecule has 0 aliphatic carbocycles. The van der Waals surface area contributed by atoms with Gasteiger partial charge in [0.05, 0.1) is 37.6 Å². The van der Waals surface area contributed by atoms with Crippen molar-refractivity contribution >= 4 is 28.9 Å². The van der Waals surface area contributed by atoms with Gasteiger partial charge in [0.1, 0.15) is 12.4 Å². The Hall–Kier alpha value is -2.28. The van der Waals surface area contributed by atoms with Crippen molar-refractivity contribution in [2.45, 2.75) is 13.8 Å². The normalized spacial score (nSPS) is 14.5. The molecule has 5 nitrogen and oxygen atoms in total. The first-order chi connectivity index (χ1) is 13.4. The van der Waals surface area contributed by atoms with Crippen LogP contribution in [0.1, 0.15) is 25.0 Å². The number of aliphatic imine (C=N–C) groups is 1. The molecule has 0 bridgehead atoms. The molecule has 2 aromatic rings. The van der Waals surface area contributed by atoms with E-state index < -0.39 is 5.82 Å². The van der Waals surface area contributed by atoms with E-state index in [9.17, 15) is 14.4 Å². The van der Waals surface area contributed by atoms with E-state index in [1.165, 1.54) is 6.07 Å². The quantitative estimate of drug-likeness (QED) is 0.540. The van der Waals surface area contributed by atoms with Crippen molar-refractivity contribution in [2.24, 2.45) is 4.99 Å². The summed E-state index contributed by atoms with van der Waals surface area (Å²) in [7, 11) is 0. The molecule has 7 heteroatoms. The number of benzodiazepines with no additional fused rings is 1. The molecule has 0 fully saturated rings. The summed E-state index contributed by atoms with van der Waals surface area (Å²) in [6.45, 7) is 4.97. The highest BCUT2D eigenvalue weighted by atomic mass is 35.5. The molecule has 0 aromatic heterocycles. The molecule has 0 unspecified atom stereocenters. The minimum Gasteiger partial charge on any atom is -0.633 e. The number of hydroxylamine groups is 3. The van der Waals surface area contributed by atoms with Crippen molar-refractivity contribution in [3.05, 3.63) is 69.6 Å². The Balaban J connectivity index is 2.05. The molecule has 0 spiro atoms. The van der Waals surface area contributed by atoms with E-state index in [0.717, 1.165) is 0 Å². The van der Waals surface area contributed by atoms with Gasteiger partial charge in [-0.15, -0.1) is 0 Å². The number of likely N-dealkylation sites (N-methyl/N-ethyl adjacent to an activating group) is 1. The van der Waals surface area contributed by atoms with Gasteiger partial charge in [0.15, 0.2) is 0 Å². The predicted molar refractivity (Wildman–Crippen MR) is 110 cm³/mol. The van der Waals surface area contributed by atoms with Gasteiger partial charge in [-0.25, -0.2) is 4.39 Å². The van der Waals surface area contributed by atoms with E-state index in [0.29, 0.717) is 40.6 Å². The van der Waals surface area contributed by atoms with Crippen LogP contribution >= 0.6 is 11.6 Å². The van der Waals surface area contributed by atoms with E-state index >= 15 is 0 Å². The lowest BCUT2D eigenvalue weighted by atomic mass is 9.99. The zero-order valence-corrected chi connectivity index (χ0v) is 16.7. The van der Waals surface area contributed by atoms with Crippen LogP contribution in [-0.4, -0.2) is 49.0 Å². The lowest BCUT2D eigenvalue weighted by Crippen LogP contribution is -2.48. The van der Waals surface area contributed by atoms with Crippen molar-refractivity contribution in [1.82, 2.24) is 0 Å². The van der Waals surface area contributed by atoms with Crippen molar-refractivity contribution in [3.8, 4) is 0 Å². The Kier molecular flexibility index (Phi) is 6.13. The number of anilines is 1. The van der Waals surface area contributed by atoms with Crippen LogP contribution in [0.2, 0.25) is 5.02 Å². The fourth-order valence-electron chi connectivity index (χ4n) is 3.34. The monoisotopic (exact) mass is 403 g/mol. The van der Waals surface area contributed by atoms with Crippen LogP contribution in [0.3, 0.4) is 0 Å². The topological polar surface area (TPSA) is 55.7 Å². The fourth-order valence-corrected chi connectivity index (χ4v) is 3.51. The fraction of sp³-hybridized carbons (Fsp3) is 0.333. The Bertz CT molecular complexity index is 912. The highest BCUT2D eigenvalue weighted by Crippen LogP contribution is 2.30. The Labute approximate surface area is 169 Å². The molecular weight excluding hydrogens is 381 g/mol. The smallest absolute Gasteiger partial charge is 0.248 e. The van der Waals surface area contributed by atoms with Gasteiger partial charge in [-0.1, -0.05) is 23.7 Å². The summed E-state index contributed by atoms with van der Waals surface area (Å²) in [6.07, 6.45) is 0. The summed E-state index contributed by atoms with van der Waals surface area (Å²) in [4.78, 5) is 18.8. The summed E-state index contributed by atoms with van der Waals surface area (Å²) >= 11 is 6.20. The lowest BCUT2D eigenvalue weighted by Gasteiger charge is -2.42. The largest absolute Gasteiger partial charge is 0.633 e. The summed E-state index contributed by atoms with van der Waals surface area (Å²) < 4.78 is 14.1. The molecule has 0 N–H and O–H groups in total. The number of halogens is 2. The molecule has 1 amide bonds. The molecule has 0 radical (unpaired) electrons. The number of benzene rings is 2. The molecule has 0 atom stereocenters. The second-order valence-corrected chi connectivity index (χ2v) is 7.20. The highest BCUT2D eigenvalue weighted by molar-refractivity contribution is 6.32. The van der Waals surface area contributed by atoms with Crippen LogP contribution < -0.4 is 4.90 Å². The van der Waals surface area contributed by atoms with Gasteiger partial charge in [-0.3, -0.25) is 9.79 Å². The first kappa shape index (κ1) is 20.5. The third kappa shape index (κ3) is 4.09. The van der Waals surface area contributed by atoms with Crippen LogP contribution in [0.5, 0.6) is 0 Å². The third-order valence-corrected chi connectivity index (χ3v) is 5.43. The zero-order valence-electron chi connectivity index (χ0n) is 16.0. The molecule has 3 rings (SSSR count). The molecule has 0 saturated carbocycles. The molecule has 148 valence electrons. The minimum atomic E-state index is -0.416. The summed E-state index contributed by atoms with van der Waals surface area (Å²) in [5, 5.41) is 13.1. The number of quaternary nitrogens is 1. The van der Waals surface area contributed by atoms with Gasteiger partial charge in [0, 0.05) is 16.1 Å². The maximum Gasteiger partial charge on any atom is 0.248 e. The van der Waals surface area contributed by atoms with E-state index in [1.807, 2.05) is 13.8 Å². The van der Waals surface area contributed by atoms with Gasteiger partial charge in [-0.2, -0.15) is 0 Å². The number of hydrogen-bond donors (Lipinski definition) is 0. The number of amides is 1. The molecule has 1 aliphatic rings. The lowest BCUT2D eigenvalue weighted by molar-refractivity contribution is -0.875. The minimum absolute atomic E-state index is 0.118. The molecular formula is C21H23ClFN3O2. The second-order valence-electron chi connectivity index (χ2n) is 6.77. The SMILES string of the molecule is CC[N+]([O-])(CC)CCN1C(=O)CN=C(c2ccccc2F)c2cc(Cl)ccc21. The van der Waals surface area contributed by atoms with Crippen LogP contribution in [0.4, 0.5) is 10.1 Å². The number of rotatable bonds is 6. The number of fused-ring (bicyclic) bond motifs is 1. The van der Waals surface area contributed by atoms with Crippen LogP contribution in [0.25, 0.3) is 0 Å². The van der Waals surface area contributed by atoms with Gasteiger partial charge in [-0.05, 0) is 44.2 Å². The van der Waals surface area contributed by atoms with Crippen LogP contribution in [0, 0.1) is 11.0 Å². The van der Waals surface area contributed by atoms with Crippen molar-refractivity contribution in [2.75, 3.05) is 37.6 Å². The van der Waals surface area contributed by atoms with Crippen LogP contribution in [-0.2, 0) is 4.79 Å². The average molecular weight is 404 g/mol. The first-order valence-electron chi connectivity index (χ1n) is 9.35. The molecule has 1 heterocycles. The molecule has 1 aliphatic heterocycles. The maximum absolute atomic E-state index is 14.4. The number of nitrogens with zero attached hydrogens (tertiary/aromatic N) is 3. The van der Waals surface area contributed by atoms with E-state index in [4.69, 9.17) is 11.6 Å². The van der Waals surface area contributed by atoms with Crippen molar-refractivity contribution in [3.63, 3.8) is 0 Å². The van der Waals surface area contributed by atoms with Crippen molar-refractivity contribution < 1.29 is 13.8 Å². The summed E-state index contributed by atoms with van der Waals surface area (Å²) in [5.41, 5.74) is 1.88. The highest BCUT2D eigenvalue weighted by Gasteiger charge is 2.28. The van der Waals surface area contributed by atoms with Gasteiger partial charge < -0.3 is 14.8 Å². The number of hydrogen-bond acceptors (Lipinski definition) is 3. The van der Waals surface area contributed by atoms with Crippen molar-refractivity contribution in [1.29, 1.82) is 0 Å². The summed E-state index contributed by atoms with van der Waals surface area (Å²) in [6, 6.07) is 11.4. The average Bonchev–Trinajstić information content (AvgIpc) is 2.83. The van der Waals surface area contributed by atoms with E-state index in [-0.39, 0.29) is 30.2 Å². The molecule has 2 aromatic carbocycles. The Morgan fingerprint density at radius 2 is 1.89 bits per heavy atom. The third-order valence-electron chi connectivity index (χ3n) is 5.19. The predicted octanol–water partition coefficient (Wildman–Crippen LogP) is 4.02. The Morgan fingerprint density at radius 1 is 1.18 bits per heavy atom. The van der Waals surface area contributed by atoms with E-state index in [2.05, 4.69) is 4.99 Å². The Morgan fingerprint density at radius 3 is 2.57 bits per heavy atom. The standard InChI is InChI=1S/C21H23ClFN3O2/c1-3-26(28,4-2)12-11-25-19-10-9-15(22)13-17(19)21(24-14-20(25)27)16-7-5-6-8-18(16)23/h5-10,13H,3-4,11-12,14H2,1-2H3. The second kappa shape index (κ2) is 8.39. The van der Waals surface area contributed by atoms with E-state index in [1.54, 1.807) is 41.3 Å². The first-order valence-corrected chi connectivity index (χ1v) is 9.73. The zero-order chi connectivity index (χ0) is 20.3. The molecule has 28 heavy (non-hydrogen) atoms. The number of carbonyl (C=O) groups excluding carboxylic acids is 1. The summed E-state index contributed by atoms with van der Waals surface area (Å²) in [5.74, 6) is -0.644. The van der Waals surface area contributed by atoms with Gasteiger partial charge in [0.2, 0.25) is 5.91 Å². The van der Waals surface area contributed by atoms with Gasteiger partial charge in [0.25, 0.3) is 0 Å². The van der Waals surface area contributed by atoms with Gasteiger partial charge >= 0.3 is 0 Å². The van der Waals surface area contributed by atoms with Crippen LogP contribution in [0.15, 0.2) is 47.5 Å².